The molecule has 0 aromatic heterocycles. The van der Waals surface area contributed by atoms with Gasteiger partial charge >= 0.3 is 5.97 Å². The first kappa shape index (κ1) is 13.9. The van der Waals surface area contributed by atoms with Crippen LogP contribution in [-0.4, -0.2) is 30.1 Å². The Morgan fingerprint density at radius 2 is 2.00 bits per heavy atom. The molecule has 98 valence electrons. The number of ether oxygens (including phenoxy) is 2. The molecule has 0 saturated heterocycles. The predicted molar refractivity (Wildman–Crippen MR) is 63.2 cm³/mol. The Kier molecular flexibility index (Phi) is 4.22. The highest BCUT2D eigenvalue weighted by Gasteiger charge is 2.30. The summed E-state index contributed by atoms with van der Waals surface area (Å²) in [5, 5.41) is 10.4. The number of hydrogen-bond donors (Lipinski definition) is 1. The van der Waals surface area contributed by atoms with Crippen molar-refractivity contribution >= 4 is 11.7 Å². The highest BCUT2D eigenvalue weighted by Crippen LogP contribution is 2.18. The number of non-ortho nitro benzene ring substituents is 1. The minimum atomic E-state index is -1.27. The molecule has 0 amide bonds. The van der Waals surface area contributed by atoms with Crippen LogP contribution in [0.2, 0.25) is 0 Å². The fourth-order valence-electron chi connectivity index (χ4n) is 1.19. The maximum Gasteiger partial charge on any atom is 0.329 e. The number of nitro benzene ring substituents is 1. The van der Waals surface area contributed by atoms with Gasteiger partial charge in [-0.3, -0.25) is 10.1 Å². The van der Waals surface area contributed by atoms with E-state index in [9.17, 15) is 14.9 Å². The quantitative estimate of drug-likeness (QED) is 0.474. The topological polar surface area (TPSA) is 105 Å². The summed E-state index contributed by atoms with van der Waals surface area (Å²) < 4.78 is 9.80. The van der Waals surface area contributed by atoms with Crippen LogP contribution in [0.15, 0.2) is 24.3 Å². The van der Waals surface area contributed by atoms with Crippen LogP contribution < -0.4 is 10.5 Å². The lowest BCUT2D eigenvalue weighted by molar-refractivity contribution is -0.384. The van der Waals surface area contributed by atoms with Crippen molar-refractivity contribution in [1.29, 1.82) is 0 Å². The summed E-state index contributed by atoms with van der Waals surface area (Å²) in [4.78, 5) is 21.2. The molecule has 1 rings (SSSR count). The predicted octanol–water partition coefficient (Wildman–Crippen LogP) is 0.864. The normalized spacial score (nSPS) is 13.5. The first-order chi connectivity index (χ1) is 8.36. The molecule has 2 N–H and O–H groups in total. The van der Waals surface area contributed by atoms with E-state index in [1.54, 1.807) is 0 Å². The minimum absolute atomic E-state index is 0.0363. The summed E-state index contributed by atoms with van der Waals surface area (Å²) in [7, 11) is 1.24. The lowest BCUT2D eigenvalue weighted by Crippen LogP contribution is -2.50. The van der Waals surface area contributed by atoms with Gasteiger partial charge in [0.05, 0.1) is 12.0 Å². The second-order valence-electron chi connectivity index (χ2n) is 3.95. The fraction of sp³-hybridized carbons (Fsp3) is 0.364. The van der Waals surface area contributed by atoms with Crippen LogP contribution in [0.1, 0.15) is 6.92 Å². The van der Waals surface area contributed by atoms with Gasteiger partial charge in [0.2, 0.25) is 0 Å². The molecular weight excluding hydrogens is 240 g/mol. The number of methoxy groups -OCH3 is 1. The van der Waals surface area contributed by atoms with Crippen LogP contribution >= 0.6 is 0 Å². The molecule has 0 aliphatic heterocycles. The summed E-state index contributed by atoms with van der Waals surface area (Å²) in [6.07, 6.45) is 0. The van der Waals surface area contributed by atoms with E-state index in [1.807, 2.05) is 0 Å². The largest absolute Gasteiger partial charge is 0.491 e. The Morgan fingerprint density at radius 1 is 1.44 bits per heavy atom. The monoisotopic (exact) mass is 254 g/mol. The molecule has 0 radical (unpaired) electrons. The first-order valence-electron chi connectivity index (χ1n) is 5.11. The van der Waals surface area contributed by atoms with Gasteiger partial charge in [-0.1, -0.05) is 0 Å². The van der Waals surface area contributed by atoms with Gasteiger partial charge in [0.25, 0.3) is 5.69 Å². The van der Waals surface area contributed by atoms with Gasteiger partial charge in [0.15, 0.2) is 0 Å². The number of carbonyl (C=O) groups excluding carboxylic acids is 1. The molecule has 0 heterocycles. The van der Waals surface area contributed by atoms with Crippen molar-refractivity contribution in [3.05, 3.63) is 34.4 Å². The number of nitrogens with two attached hydrogens (primary N) is 1. The van der Waals surface area contributed by atoms with Crippen molar-refractivity contribution in [1.82, 2.24) is 0 Å². The van der Waals surface area contributed by atoms with Gasteiger partial charge in [-0.2, -0.15) is 0 Å². The van der Waals surface area contributed by atoms with Crippen molar-refractivity contribution in [2.45, 2.75) is 12.5 Å². The van der Waals surface area contributed by atoms with E-state index < -0.39 is 16.4 Å². The summed E-state index contributed by atoms with van der Waals surface area (Å²) in [6, 6.07) is 5.49. The molecule has 0 bridgehead atoms. The molecule has 0 aliphatic carbocycles. The van der Waals surface area contributed by atoms with Crippen molar-refractivity contribution in [3.63, 3.8) is 0 Å². The average molecular weight is 254 g/mol. The number of nitro groups is 1. The van der Waals surface area contributed by atoms with Crippen molar-refractivity contribution < 1.29 is 19.2 Å². The number of carbonyl (C=O) groups is 1. The Hall–Kier alpha value is -2.15. The van der Waals surface area contributed by atoms with E-state index >= 15 is 0 Å². The number of nitrogens with zero attached hydrogens (tertiary/aromatic N) is 1. The van der Waals surface area contributed by atoms with Gasteiger partial charge in [0, 0.05) is 12.1 Å². The Labute approximate surface area is 104 Å². The fourth-order valence-corrected chi connectivity index (χ4v) is 1.19. The standard InChI is InChI=1S/C11H14N2O5/c1-11(12,10(14)17-2)7-18-9-5-3-8(4-6-9)13(15)16/h3-6H,7,12H2,1-2H3. The van der Waals surface area contributed by atoms with Crippen LogP contribution in [0, 0.1) is 10.1 Å². The third-order valence-corrected chi connectivity index (χ3v) is 2.24. The van der Waals surface area contributed by atoms with Gasteiger partial charge in [-0.05, 0) is 19.1 Å². The molecule has 0 spiro atoms. The molecular formula is C11H14N2O5. The summed E-state index contributed by atoms with van der Waals surface area (Å²) >= 11 is 0. The molecule has 18 heavy (non-hydrogen) atoms. The lowest BCUT2D eigenvalue weighted by Gasteiger charge is -2.21. The van der Waals surface area contributed by atoms with E-state index in [1.165, 1.54) is 38.3 Å². The summed E-state index contributed by atoms with van der Waals surface area (Å²) in [5.74, 6) is -0.203. The van der Waals surface area contributed by atoms with Crippen molar-refractivity contribution in [2.75, 3.05) is 13.7 Å². The molecule has 0 aliphatic rings. The van der Waals surface area contributed by atoms with Gasteiger partial charge in [-0.15, -0.1) is 0 Å². The van der Waals surface area contributed by atoms with Crippen LogP contribution in [0.3, 0.4) is 0 Å². The van der Waals surface area contributed by atoms with Crippen LogP contribution in [0.5, 0.6) is 5.75 Å². The van der Waals surface area contributed by atoms with Crippen molar-refractivity contribution in [3.8, 4) is 5.75 Å². The number of hydrogen-bond acceptors (Lipinski definition) is 6. The van der Waals surface area contributed by atoms with Crippen LogP contribution in [0.4, 0.5) is 5.69 Å². The number of benzene rings is 1. The highest BCUT2D eigenvalue weighted by molar-refractivity contribution is 5.80. The van der Waals surface area contributed by atoms with Gasteiger partial charge in [-0.25, -0.2) is 4.79 Å². The molecule has 1 aromatic carbocycles. The third kappa shape index (κ3) is 3.42. The molecule has 7 nitrogen and oxygen atoms in total. The average Bonchev–Trinajstić information content (AvgIpc) is 2.35. The summed E-state index contributed by atoms with van der Waals surface area (Å²) in [6.45, 7) is 1.39. The second kappa shape index (κ2) is 5.46. The van der Waals surface area contributed by atoms with E-state index in [0.717, 1.165) is 0 Å². The third-order valence-electron chi connectivity index (χ3n) is 2.24. The molecule has 1 unspecified atom stereocenters. The zero-order chi connectivity index (χ0) is 13.8. The van der Waals surface area contributed by atoms with Crippen LogP contribution in [-0.2, 0) is 9.53 Å². The zero-order valence-corrected chi connectivity index (χ0v) is 10.1. The van der Waals surface area contributed by atoms with Crippen molar-refractivity contribution in [2.24, 2.45) is 5.73 Å². The van der Waals surface area contributed by atoms with E-state index in [2.05, 4.69) is 4.74 Å². The van der Waals surface area contributed by atoms with E-state index in [-0.39, 0.29) is 12.3 Å². The molecule has 0 saturated carbocycles. The highest BCUT2D eigenvalue weighted by atomic mass is 16.6. The lowest BCUT2D eigenvalue weighted by atomic mass is 10.1. The number of rotatable bonds is 5. The van der Waals surface area contributed by atoms with E-state index in [0.29, 0.717) is 5.75 Å². The van der Waals surface area contributed by atoms with E-state index in [4.69, 9.17) is 10.5 Å². The maximum atomic E-state index is 11.3. The molecule has 7 heteroatoms. The minimum Gasteiger partial charge on any atom is -0.491 e. The first-order valence-corrected chi connectivity index (χ1v) is 5.11. The smallest absolute Gasteiger partial charge is 0.329 e. The van der Waals surface area contributed by atoms with Gasteiger partial charge in [0.1, 0.15) is 17.9 Å². The Balaban J connectivity index is 2.64. The SMILES string of the molecule is COC(=O)C(C)(N)COc1ccc([N+](=O)[O-])cc1. The molecule has 1 aromatic rings. The van der Waals surface area contributed by atoms with Crippen LogP contribution in [0.25, 0.3) is 0 Å². The number of esters is 1. The Bertz CT molecular complexity index is 441. The summed E-state index contributed by atoms with van der Waals surface area (Å²) in [5.41, 5.74) is 4.39. The Morgan fingerprint density at radius 3 is 2.44 bits per heavy atom. The van der Waals surface area contributed by atoms with Gasteiger partial charge < -0.3 is 15.2 Å². The molecule has 0 fully saturated rings. The second-order valence-corrected chi connectivity index (χ2v) is 3.95. The maximum absolute atomic E-state index is 11.3. The zero-order valence-electron chi connectivity index (χ0n) is 10.1. The molecule has 1 atom stereocenters.